The SMILES string of the molecule is CCCCOc1c/c(=N\C(=O)Oc2cc(OC)cc(OC)c2)cnn1-c1ccccc1. The summed E-state index contributed by atoms with van der Waals surface area (Å²) in [7, 11) is 3.03. The number of nitrogens with zero attached hydrogens (tertiary/aromatic N) is 3. The number of methoxy groups -OCH3 is 2. The number of unbranched alkanes of at least 4 members (excludes halogenated alkanes) is 1. The fourth-order valence-electron chi connectivity index (χ4n) is 2.72. The summed E-state index contributed by atoms with van der Waals surface area (Å²) in [5.41, 5.74) is 0.839. The summed E-state index contributed by atoms with van der Waals surface area (Å²) in [4.78, 5) is 16.4. The van der Waals surface area contributed by atoms with Gasteiger partial charge in [0.2, 0.25) is 5.88 Å². The van der Waals surface area contributed by atoms with E-state index in [0.717, 1.165) is 18.5 Å². The van der Waals surface area contributed by atoms with Crippen molar-refractivity contribution in [1.29, 1.82) is 0 Å². The van der Waals surface area contributed by atoms with Gasteiger partial charge in [-0.2, -0.15) is 10.1 Å². The number of amides is 1. The van der Waals surface area contributed by atoms with E-state index in [1.54, 1.807) is 28.9 Å². The van der Waals surface area contributed by atoms with E-state index in [-0.39, 0.29) is 5.75 Å². The third-order valence-corrected chi connectivity index (χ3v) is 4.28. The number of para-hydroxylation sites is 1. The van der Waals surface area contributed by atoms with Crippen molar-refractivity contribution in [2.24, 2.45) is 4.99 Å². The molecule has 0 unspecified atom stereocenters. The van der Waals surface area contributed by atoms with E-state index in [1.807, 2.05) is 30.3 Å². The van der Waals surface area contributed by atoms with Crippen LogP contribution in [0.2, 0.25) is 0 Å². The Hall–Kier alpha value is -3.81. The van der Waals surface area contributed by atoms with E-state index in [0.29, 0.717) is 29.3 Å². The molecule has 3 aromatic rings. The molecule has 0 spiro atoms. The average molecular weight is 423 g/mol. The third-order valence-electron chi connectivity index (χ3n) is 4.28. The number of carbonyl (C=O) groups excluding carboxylic acids is 1. The molecule has 1 amide bonds. The molecule has 0 aliphatic rings. The van der Waals surface area contributed by atoms with E-state index < -0.39 is 6.09 Å². The number of benzene rings is 2. The first kappa shape index (κ1) is 21.9. The van der Waals surface area contributed by atoms with Gasteiger partial charge in [0.05, 0.1) is 38.1 Å². The Morgan fingerprint density at radius 1 is 1.00 bits per heavy atom. The Balaban J connectivity index is 1.87. The van der Waals surface area contributed by atoms with Crippen molar-refractivity contribution in [3.05, 3.63) is 66.2 Å². The Morgan fingerprint density at radius 2 is 1.68 bits per heavy atom. The first-order chi connectivity index (χ1) is 15.1. The van der Waals surface area contributed by atoms with Crippen LogP contribution in [0, 0.1) is 0 Å². The Labute approximate surface area is 180 Å². The molecule has 1 aromatic heterocycles. The van der Waals surface area contributed by atoms with Crippen molar-refractivity contribution in [1.82, 2.24) is 9.78 Å². The lowest BCUT2D eigenvalue weighted by molar-refractivity contribution is 0.210. The van der Waals surface area contributed by atoms with Crippen LogP contribution in [0.25, 0.3) is 5.69 Å². The van der Waals surface area contributed by atoms with Gasteiger partial charge in [0.15, 0.2) is 0 Å². The van der Waals surface area contributed by atoms with Crippen molar-refractivity contribution < 1.29 is 23.7 Å². The minimum Gasteiger partial charge on any atom is -0.496 e. The predicted octanol–water partition coefficient (Wildman–Crippen LogP) is 4.17. The maximum atomic E-state index is 12.4. The van der Waals surface area contributed by atoms with Crippen molar-refractivity contribution >= 4 is 6.09 Å². The van der Waals surface area contributed by atoms with Crippen molar-refractivity contribution in [3.63, 3.8) is 0 Å². The highest BCUT2D eigenvalue weighted by molar-refractivity contribution is 5.71. The van der Waals surface area contributed by atoms with E-state index in [2.05, 4.69) is 17.0 Å². The van der Waals surface area contributed by atoms with Crippen LogP contribution in [0.5, 0.6) is 23.1 Å². The molecule has 0 fully saturated rings. The summed E-state index contributed by atoms with van der Waals surface area (Å²) in [6.07, 6.45) is 2.58. The van der Waals surface area contributed by atoms with Crippen LogP contribution in [0.3, 0.4) is 0 Å². The standard InChI is InChI=1S/C23H25N3O5/c1-4-5-11-30-22-12-17(16-24-26(22)18-9-7-6-8-10-18)25-23(27)31-21-14-19(28-2)13-20(15-21)29-3/h6-10,12-16H,4-5,11H2,1-3H3/b25-17+. The molecule has 3 rings (SSSR count). The molecule has 0 saturated carbocycles. The molecule has 0 aliphatic carbocycles. The summed E-state index contributed by atoms with van der Waals surface area (Å²) in [6, 6.07) is 16.1. The van der Waals surface area contributed by atoms with Gasteiger partial charge in [-0.3, -0.25) is 0 Å². The molecule has 1 heterocycles. The lowest BCUT2D eigenvalue weighted by Crippen LogP contribution is -2.16. The lowest BCUT2D eigenvalue weighted by Gasteiger charge is -2.13. The Morgan fingerprint density at radius 3 is 2.32 bits per heavy atom. The molecule has 0 radical (unpaired) electrons. The smallest absolute Gasteiger partial charge is 0.439 e. The molecular formula is C23H25N3O5. The fourth-order valence-corrected chi connectivity index (χ4v) is 2.72. The summed E-state index contributed by atoms with van der Waals surface area (Å²) in [5.74, 6) is 1.74. The van der Waals surface area contributed by atoms with Gasteiger partial charge < -0.3 is 18.9 Å². The largest absolute Gasteiger partial charge is 0.496 e. The number of hydrogen-bond donors (Lipinski definition) is 0. The van der Waals surface area contributed by atoms with Gasteiger partial charge in [-0.15, -0.1) is 0 Å². The summed E-state index contributed by atoms with van der Waals surface area (Å²) in [6.45, 7) is 2.62. The van der Waals surface area contributed by atoms with Crippen molar-refractivity contribution in [3.8, 4) is 28.8 Å². The second kappa shape index (κ2) is 10.8. The minimum atomic E-state index is -0.797. The van der Waals surface area contributed by atoms with E-state index in [9.17, 15) is 4.79 Å². The molecule has 8 nitrogen and oxygen atoms in total. The topological polar surface area (TPSA) is 84.2 Å². The maximum absolute atomic E-state index is 12.4. The van der Waals surface area contributed by atoms with E-state index in [4.69, 9.17) is 18.9 Å². The molecule has 31 heavy (non-hydrogen) atoms. The summed E-state index contributed by atoms with van der Waals surface area (Å²) >= 11 is 0. The quantitative estimate of drug-likeness (QED) is 0.506. The van der Waals surface area contributed by atoms with Gasteiger partial charge in [-0.05, 0) is 18.6 Å². The predicted molar refractivity (Wildman–Crippen MR) is 115 cm³/mol. The molecule has 0 N–H and O–H groups in total. The van der Waals surface area contributed by atoms with Crippen LogP contribution in [0.4, 0.5) is 4.79 Å². The van der Waals surface area contributed by atoms with Crippen LogP contribution in [-0.4, -0.2) is 36.7 Å². The van der Waals surface area contributed by atoms with Gasteiger partial charge in [-0.1, -0.05) is 31.5 Å². The number of ether oxygens (including phenoxy) is 4. The zero-order valence-corrected chi connectivity index (χ0v) is 17.8. The van der Waals surface area contributed by atoms with Crippen LogP contribution >= 0.6 is 0 Å². The molecule has 0 bridgehead atoms. The van der Waals surface area contributed by atoms with Crippen LogP contribution in [0.15, 0.2) is 65.8 Å². The Bertz CT molecular complexity index is 1060. The van der Waals surface area contributed by atoms with Gasteiger partial charge in [0.25, 0.3) is 0 Å². The normalized spacial score (nSPS) is 11.1. The summed E-state index contributed by atoms with van der Waals surface area (Å²) < 4.78 is 23.2. The van der Waals surface area contributed by atoms with Crippen molar-refractivity contribution in [2.45, 2.75) is 19.8 Å². The first-order valence-electron chi connectivity index (χ1n) is 9.90. The molecular weight excluding hydrogens is 398 g/mol. The zero-order chi connectivity index (χ0) is 22.1. The van der Waals surface area contributed by atoms with Crippen molar-refractivity contribution in [2.75, 3.05) is 20.8 Å². The highest BCUT2D eigenvalue weighted by Crippen LogP contribution is 2.27. The van der Waals surface area contributed by atoms with Gasteiger partial charge in [-0.25, -0.2) is 9.48 Å². The average Bonchev–Trinajstić information content (AvgIpc) is 2.79. The van der Waals surface area contributed by atoms with Crippen LogP contribution in [-0.2, 0) is 0 Å². The highest BCUT2D eigenvalue weighted by Gasteiger charge is 2.09. The number of aromatic nitrogens is 2. The molecule has 2 aromatic carbocycles. The highest BCUT2D eigenvalue weighted by atomic mass is 16.6. The number of hydrogen-bond acceptors (Lipinski definition) is 6. The van der Waals surface area contributed by atoms with Crippen LogP contribution < -0.4 is 24.3 Å². The molecule has 162 valence electrons. The van der Waals surface area contributed by atoms with Gasteiger partial charge in [0, 0.05) is 24.3 Å². The third kappa shape index (κ3) is 6.08. The first-order valence-corrected chi connectivity index (χ1v) is 9.90. The number of carbonyl (C=O) groups is 1. The summed E-state index contributed by atoms with van der Waals surface area (Å²) in [5, 5.41) is 4.71. The second-order valence-corrected chi connectivity index (χ2v) is 6.53. The molecule has 8 heteroatoms. The fraction of sp³-hybridized carbons (Fsp3) is 0.261. The lowest BCUT2D eigenvalue weighted by atomic mass is 10.3. The van der Waals surface area contributed by atoms with E-state index in [1.165, 1.54) is 20.4 Å². The second-order valence-electron chi connectivity index (χ2n) is 6.53. The van der Waals surface area contributed by atoms with E-state index >= 15 is 0 Å². The monoisotopic (exact) mass is 423 g/mol. The van der Waals surface area contributed by atoms with Gasteiger partial charge in [0.1, 0.15) is 17.2 Å². The molecule has 0 saturated heterocycles. The number of rotatable bonds is 8. The Kier molecular flexibility index (Phi) is 7.64. The molecule has 0 atom stereocenters. The molecule has 0 aliphatic heterocycles. The van der Waals surface area contributed by atoms with Crippen LogP contribution in [0.1, 0.15) is 19.8 Å². The van der Waals surface area contributed by atoms with Gasteiger partial charge >= 0.3 is 6.09 Å². The minimum absolute atomic E-state index is 0.257. The maximum Gasteiger partial charge on any atom is 0.439 e. The zero-order valence-electron chi connectivity index (χ0n) is 17.8.